The van der Waals surface area contributed by atoms with Crippen LogP contribution in [-0.4, -0.2) is 45.0 Å². The van der Waals surface area contributed by atoms with Crippen molar-refractivity contribution >= 4 is 15.9 Å². The van der Waals surface area contributed by atoms with Crippen molar-refractivity contribution < 1.29 is 13.2 Å². The summed E-state index contributed by atoms with van der Waals surface area (Å²) >= 11 is 0. The van der Waals surface area contributed by atoms with E-state index in [0.717, 1.165) is 17.1 Å². The number of rotatable bonds is 6. The van der Waals surface area contributed by atoms with E-state index in [9.17, 15) is 13.2 Å². The molecule has 0 unspecified atom stereocenters. The maximum absolute atomic E-state index is 11.9. The number of aryl methyl sites for hydroxylation is 1. The first kappa shape index (κ1) is 16.5. The molecule has 0 bridgehead atoms. The van der Waals surface area contributed by atoms with Crippen LogP contribution in [0.1, 0.15) is 30.4 Å². The molecule has 23 heavy (non-hydrogen) atoms. The van der Waals surface area contributed by atoms with E-state index in [0.29, 0.717) is 12.5 Å². The summed E-state index contributed by atoms with van der Waals surface area (Å²) < 4.78 is 24.5. The molecule has 1 N–H and O–H groups in total. The minimum atomic E-state index is -3.31. The van der Waals surface area contributed by atoms with Crippen LogP contribution < -0.4 is 5.32 Å². The smallest absolute Gasteiger partial charge is 0.221 e. The Morgan fingerprint density at radius 2 is 2.09 bits per heavy atom. The van der Waals surface area contributed by atoms with E-state index in [-0.39, 0.29) is 23.5 Å². The van der Waals surface area contributed by atoms with Crippen molar-refractivity contribution in [2.75, 3.05) is 26.4 Å². The Kier molecular flexibility index (Phi) is 4.23. The van der Waals surface area contributed by atoms with E-state index in [4.69, 9.17) is 0 Å². The first-order valence-corrected chi connectivity index (χ1v) is 9.71. The van der Waals surface area contributed by atoms with Gasteiger partial charge in [-0.3, -0.25) is 4.79 Å². The van der Waals surface area contributed by atoms with Crippen LogP contribution in [0.5, 0.6) is 0 Å². The number of nitrogens with one attached hydrogen (secondary N) is 1. The zero-order valence-corrected chi connectivity index (χ0v) is 14.5. The molecule has 1 aromatic carbocycles. The van der Waals surface area contributed by atoms with Crippen LogP contribution in [-0.2, 0) is 26.7 Å². The lowest BCUT2D eigenvalue weighted by atomic mass is 9.95. The monoisotopic (exact) mass is 336 g/mol. The Labute approximate surface area is 138 Å². The Balaban J connectivity index is 1.49. The minimum Gasteiger partial charge on any atom is -0.356 e. The molecule has 126 valence electrons. The van der Waals surface area contributed by atoms with E-state index in [1.54, 1.807) is 0 Å². The predicted molar refractivity (Wildman–Crippen MR) is 89.6 cm³/mol. The SMILES string of the molecule is CN(C)S(=O)(=O)CCC(=O)NC[C@H]1C[C@@]12CCc1ccccc12. The first-order chi connectivity index (χ1) is 10.8. The van der Waals surface area contributed by atoms with E-state index >= 15 is 0 Å². The molecule has 2 aliphatic carbocycles. The van der Waals surface area contributed by atoms with Gasteiger partial charge in [0.05, 0.1) is 5.75 Å². The highest BCUT2D eigenvalue weighted by atomic mass is 32.2. The molecule has 1 saturated carbocycles. The van der Waals surface area contributed by atoms with Crippen molar-refractivity contribution in [1.29, 1.82) is 0 Å². The second-order valence-corrected chi connectivity index (χ2v) is 9.17. The molecule has 0 aromatic heterocycles. The number of carbonyl (C=O) groups excluding carboxylic acids is 1. The van der Waals surface area contributed by atoms with Gasteiger partial charge in [0.2, 0.25) is 15.9 Å². The maximum Gasteiger partial charge on any atom is 0.221 e. The van der Waals surface area contributed by atoms with Crippen molar-refractivity contribution in [3.63, 3.8) is 0 Å². The number of amides is 1. The Morgan fingerprint density at radius 3 is 2.83 bits per heavy atom. The quantitative estimate of drug-likeness (QED) is 0.851. The molecule has 1 aromatic rings. The summed E-state index contributed by atoms with van der Waals surface area (Å²) in [6.45, 7) is 0.648. The van der Waals surface area contributed by atoms with Gasteiger partial charge in [-0.15, -0.1) is 0 Å². The third-order valence-corrected chi connectivity index (χ3v) is 7.15. The highest BCUT2D eigenvalue weighted by molar-refractivity contribution is 7.89. The third kappa shape index (κ3) is 3.15. The minimum absolute atomic E-state index is 0.0246. The molecule has 2 aliphatic rings. The predicted octanol–water partition coefficient (Wildman–Crippen LogP) is 1.29. The summed E-state index contributed by atoms with van der Waals surface area (Å²) in [4.78, 5) is 11.9. The molecular formula is C17H24N2O3S. The lowest BCUT2D eigenvalue weighted by Crippen LogP contribution is -2.32. The van der Waals surface area contributed by atoms with Crippen molar-refractivity contribution in [3.8, 4) is 0 Å². The number of benzene rings is 1. The highest BCUT2D eigenvalue weighted by Crippen LogP contribution is 2.61. The van der Waals surface area contributed by atoms with Crippen LogP contribution in [0.2, 0.25) is 0 Å². The van der Waals surface area contributed by atoms with Crippen molar-refractivity contribution in [3.05, 3.63) is 35.4 Å². The molecule has 0 heterocycles. The van der Waals surface area contributed by atoms with Gasteiger partial charge in [0.15, 0.2) is 0 Å². The van der Waals surface area contributed by atoms with Gasteiger partial charge in [-0.2, -0.15) is 0 Å². The van der Waals surface area contributed by atoms with E-state index in [1.165, 1.54) is 31.6 Å². The number of carbonyl (C=O) groups is 1. The normalized spacial score (nSPS) is 25.6. The molecule has 2 atom stereocenters. The molecule has 1 fully saturated rings. The summed E-state index contributed by atoms with van der Waals surface area (Å²) in [6, 6.07) is 8.59. The fourth-order valence-corrected chi connectivity index (χ4v) is 4.54. The number of nitrogens with zero attached hydrogens (tertiary/aromatic N) is 1. The fourth-order valence-electron chi connectivity index (χ4n) is 3.73. The van der Waals surface area contributed by atoms with Gasteiger partial charge in [0.25, 0.3) is 0 Å². The third-order valence-electron chi connectivity index (χ3n) is 5.32. The Bertz CT molecular complexity index is 714. The van der Waals surface area contributed by atoms with Crippen molar-refractivity contribution in [2.24, 2.45) is 5.92 Å². The van der Waals surface area contributed by atoms with Gasteiger partial charge in [-0.25, -0.2) is 12.7 Å². The molecule has 0 radical (unpaired) electrons. The van der Waals surface area contributed by atoms with Crippen LogP contribution in [0.15, 0.2) is 24.3 Å². The number of fused-ring (bicyclic) bond motifs is 2. The first-order valence-electron chi connectivity index (χ1n) is 8.10. The van der Waals surface area contributed by atoms with Crippen LogP contribution in [0.25, 0.3) is 0 Å². The second-order valence-electron chi connectivity index (χ2n) is 6.87. The lowest BCUT2D eigenvalue weighted by Gasteiger charge is -2.13. The van der Waals surface area contributed by atoms with Gasteiger partial charge in [-0.1, -0.05) is 24.3 Å². The molecule has 6 heteroatoms. The molecule has 3 rings (SSSR count). The Hall–Kier alpha value is -1.40. The molecular weight excluding hydrogens is 312 g/mol. The summed E-state index contributed by atoms with van der Waals surface area (Å²) in [7, 11) is -0.336. The topological polar surface area (TPSA) is 66.5 Å². The summed E-state index contributed by atoms with van der Waals surface area (Å²) in [5.41, 5.74) is 3.16. The molecule has 0 saturated heterocycles. The summed E-state index contributed by atoms with van der Waals surface area (Å²) in [6.07, 6.45) is 3.45. The summed E-state index contributed by atoms with van der Waals surface area (Å²) in [5.74, 6) is 0.175. The standard InChI is InChI=1S/C17H24N2O3S/c1-19(2)23(21,22)10-8-16(20)18-12-14-11-17(14)9-7-13-5-3-4-6-15(13)17/h3-6,14H,7-12H2,1-2H3,(H,18,20)/t14-,17+/m1/s1. The van der Waals surface area contributed by atoms with E-state index < -0.39 is 10.0 Å². The van der Waals surface area contributed by atoms with Crippen LogP contribution >= 0.6 is 0 Å². The molecule has 1 spiro atoms. The van der Waals surface area contributed by atoms with Crippen LogP contribution in [0.4, 0.5) is 0 Å². The average Bonchev–Trinajstić information content (AvgIpc) is 3.10. The number of sulfonamides is 1. The van der Waals surface area contributed by atoms with Crippen molar-refractivity contribution in [2.45, 2.75) is 31.1 Å². The van der Waals surface area contributed by atoms with Gasteiger partial charge >= 0.3 is 0 Å². The van der Waals surface area contributed by atoms with Crippen LogP contribution in [0, 0.1) is 5.92 Å². The second kappa shape index (κ2) is 5.91. The number of hydrogen-bond acceptors (Lipinski definition) is 3. The Morgan fingerprint density at radius 1 is 1.35 bits per heavy atom. The largest absolute Gasteiger partial charge is 0.356 e. The van der Waals surface area contributed by atoms with Gasteiger partial charge in [0, 0.05) is 32.5 Å². The van der Waals surface area contributed by atoms with Crippen molar-refractivity contribution in [1.82, 2.24) is 9.62 Å². The maximum atomic E-state index is 11.9. The van der Waals surface area contributed by atoms with Gasteiger partial charge in [-0.05, 0) is 36.3 Å². The zero-order valence-electron chi connectivity index (χ0n) is 13.7. The van der Waals surface area contributed by atoms with Gasteiger partial charge in [0.1, 0.15) is 0 Å². The van der Waals surface area contributed by atoms with Gasteiger partial charge < -0.3 is 5.32 Å². The molecule has 5 nitrogen and oxygen atoms in total. The summed E-state index contributed by atoms with van der Waals surface area (Å²) in [5, 5.41) is 2.92. The average molecular weight is 336 g/mol. The van der Waals surface area contributed by atoms with E-state index in [1.807, 2.05) is 0 Å². The lowest BCUT2D eigenvalue weighted by molar-refractivity contribution is -0.120. The number of hydrogen-bond donors (Lipinski definition) is 1. The molecule has 0 aliphatic heterocycles. The molecule has 1 amide bonds. The zero-order chi connectivity index (χ0) is 16.7. The van der Waals surface area contributed by atoms with E-state index in [2.05, 4.69) is 29.6 Å². The fraction of sp³-hybridized carbons (Fsp3) is 0.588. The highest BCUT2D eigenvalue weighted by Gasteiger charge is 2.57. The van der Waals surface area contributed by atoms with Crippen LogP contribution in [0.3, 0.4) is 0 Å².